The van der Waals surface area contributed by atoms with Crippen molar-refractivity contribution in [3.05, 3.63) is 69.2 Å². The molecule has 0 spiro atoms. The van der Waals surface area contributed by atoms with Crippen molar-refractivity contribution < 1.29 is 13.3 Å². The van der Waals surface area contributed by atoms with Gasteiger partial charge in [0.15, 0.2) is 5.17 Å². The number of hydrogen-bond donors (Lipinski definition) is 0. The van der Waals surface area contributed by atoms with E-state index >= 15 is 0 Å². The smallest absolute Gasteiger partial charge is 0.260 e. The van der Waals surface area contributed by atoms with Crippen molar-refractivity contribution in [1.29, 1.82) is 0 Å². The maximum atomic E-state index is 12.8. The fourth-order valence-electron chi connectivity index (χ4n) is 2.35. The van der Waals surface area contributed by atoms with Gasteiger partial charge >= 0.3 is 0 Å². The SMILES string of the molecule is O=[N+]([O-])c1ccc(CSC2=NCCN2S(=O)(=O)c2ccc(Cl)cc2)cc1. The minimum atomic E-state index is -3.69. The van der Waals surface area contributed by atoms with Gasteiger partial charge < -0.3 is 0 Å². The van der Waals surface area contributed by atoms with Crippen LogP contribution in [0.1, 0.15) is 5.56 Å². The first-order valence-corrected chi connectivity index (χ1v) is 10.4. The number of nitro groups is 1. The van der Waals surface area contributed by atoms with Crippen LogP contribution in [0.5, 0.6) is 0 Å². The molecule has 0 aliphatic carbocycles. The molecule has 0 aromatic heterocycles. The van der Waals surface area contributed by atoms with E-state index in [0.29, 0.717) is 22.5 Å². The monoisotopic (exact) mass is 411 g/mol. The number of rotatable bonds is 5. The van der Waals surface area contributed by atoms with Gasteiger partial charge in [0.2, 0.25) is 0 Å². The Morgan fingerprint density at radius 1 is 1.15 bits per heavy atom. The average molecular weight is 412 g/mol. The summed E-state index contributed by atoms with van der Waals surface area (Å²) in [6.07, 6.45) is 0. The molecule has 0 N–H and O–H groups in total. The van der Waals surface area contributed by atoms with Crippen molar-refractivity contribution in [3.63, 3.8) is 0 Å². The third-order valence-electron chi connectivity index (χ3n) is 3.68. The average Bonchev–Trinajstić information content (AvgIpc) is 3.10. The van der Waals surface area contributed by atoms with Crippen LogP contribution < -0.4 is 0 Å². The summed E-state index contributed by atoms with van der Waals surface area (Å²) >= 11 is 7.10. The summed E-state index contributed by atoms with van der Waals surface area (Å²) in [4.78, 5) is 14.7. The lowest BCUT2D eigenvalue weighted by Crippen LogP contribution is -2.32. The van der Waals surface area contributed by atoms with E-state index in [9.17, 15) is 18.5 Å². The van der Waals surface area contributed by atoms with Crippen molar-refractivity contribution in [1.82, 2.24) is 4.31 Å². The summed E-state index contributed by atoms with van der Waals surface area (Å²) in [6.45, 7) is 0.684. The molecule has 3 rings (SSSR count). The largest absolute Gasteiger partial charge is 0.269 e. The highest BCUT2D eigenvalue weighted by atomic mass is 35.5. The number of non-ortho nitro benzene ring substituents is 1. The van der Waals surface area contributed by atoms with Crippen LogP contribution in [-0.4, -0.2) is 35.9 Å². The Hall–Kier alpha value is -2.10. The van der Waals surface area contributed by atoms with Crippen LogP contribution in [0, 0.1) is 10.1 Å². The van der Waals surface area contributed by atoms with Crippen LogP contribution in [-0.2, 0) is 15.8 Å². The van der Waals surface area contributed by atoms with Gasteiger partial charge in [-0.2, -0.15) is 0 Å². The molecule has 0 saturated carbocycles. The van der Waals surface area contributed by atoms with Crippen LogP contribution >= 0.6 is 23.4 Å². The second-order valence-corrected chi connectivity index (χ2v) is 8.65. The van der Waals surface area contributed by atoms with Gasteiger partial charge in [0, 0.05) is 22.9 Å². The van der Waals surface area contributed by atoms with Crippen LogP contribution in [0.2, 0.25) is 5.02 Å². The molecule has 1 heterocycles. The number of amidine groups is 1. The molecule has 136 valence electrons. The number of halogens is 1. The van der Waals surface area contributed by atoms with Gasteiger partial charge in [-0.25, -0.2) is 12.7 Å². The van der Waals surface area contributed by atoms with Crippen molar-refractivity contribution in [3.8, 4) is 0 Å². The minimum Gasteiger partial charge on any atom is -0.260 e. The third-order valence-corrected chi connectivity index (χ3v) is 6.94. The molecule has 0 unspecified atom stereocenters. The number of hydrogen-bond acceptors (Lipinski definition) is 6. The highest BCUT2D eigenvalue weighted by Crippen LogP contribution is 2.27. The van der Waals surface area contributed by atoms with E-state index in [-0.39, 0.29) is 17.1 Å². The van der Waals surface area contributed by atoms with E-state index in [4.69, 9.17) is 11.6 Å². The Morgan fingerprint density at radius 2 is 1.81 bits per heavy atom. The summed E-state index contributed by atoms with van der Waals surface area (Å²) in [5.41, 5.74) is 0.864. The predicted molar refractivity (Wildman–Crippen MR) is 102 cm³/mol. The molecule has 0 saturated heterocycles. The number of nitrogens with zero attached hydrogens (tertiary/aromatic N) is 3. The summed E-state index contributed by atoms with van der Waals surface area (Å²) < 4.78 is 26.9. The molecular weight excluding hydrogens is 398 g/mol. The lowest BCUT2D eigenvalue weighted by atomic mass is 10.2. The number of nitro benzene ring substituents is 1. The molecule has 10 heteroatoms. The third kappa shape index (κ3) is 4.00. The summed E-state index contributed by atoms with van der Waals surface area (Å²) in [6, 6.07) is 12.2. The highest BCUT2D eigenvalue weighted by molar-refractivity contribution is 8.14. The molecule has 0 atom stereocenters. The Bertz CT molecular complexity index is 944. The highest BCUT2D eigenvalue weighted by Gasteiger charge is 2.30. The second kappa shape index (κ2) is 7.65. The number of sulfonamides is 1. The molecule has 1 aliphatic heterocycles. The fourth-order valence-corrected chi connectivity index (χ4v) is 5.15. The molecule has 2 aromatic rings. The van der Waals surface area contributed by atoms with E-state index in [1.807, 2.05) is 0 Å². The molecule has 0 radical (unpaired) electrons. The van der Waals surface area contributed by atoms with Gasteiger partial charge in [-0.15, -0.1) is 0 Å². The maximum Gasteiger partial charge on any atom is 0.269 e. The van der Waals surface area contributed by atoms with Crippen molar-refractivity contribution >= 4 is 44.2 Å². The topological polar surface area (TPSA) is 92.9 Å². The Morgan fingerprint density at radius 3 is 2.42 bits per heavy atom. The zero-order chi connectivity index (χ0) is 18.7. The number of thioether (sulfide) groups is 1. The second-order valence-electron chi connectivity index (χ2n) is 5.41. The molecule has 26 heavy (non-hydrogen) atoms. The Balaban J connectivity index is 1.72. The van der Waals surface area contributed by atoms with E-state index in [1.165, 1.54) is 52.5 Å². The van der Waals surface area contributed by atoms with Crippen LogP contribution in [0.15, 0.2) is 58.4 Å². The van der Waals surface area contributed by atoms with Gasteiger partial charge in [-0.1, -0.05) is 35.5 Å². The lowest BCUT2D eigenvalue weighted by Gasteiger charge is -2.19. The molecule has 1 aliphatic rings. The quantitative estimate of drug-likeness (QED) is 0.554. The summed E-state index contributed by atoms with van der Waals surface area (Å²) in [5, 5.41) is 11.6. The normalized spacial score (nSPS) is 14.3. The lowest BCUT2D eigenvalue weighted by molar-refractivity contribution is -0.384. The Labute approximate surface area is 159 Å². The van der Waals surface area contributed by atoms with E-state index < -0.39 is 14.9 Å². The van der Waals surface area contributed by atoms with Gasteiger partial charge in [0.25, 0.3) is 15.7 Å². The van der Waals surface area contributed by atoms with E-state index in [2.05, 4.69) is 4.99 Å². The van der Waals surface area contributed by atoms with Crippen LogP contribution in [0.3, 0.4) is 0 Å². The summed E-state index contributed by atoms with van der Waals surface area (Å²) in [5.74, 6) is 0.462. The molecule has 2 aromatic carbocycles. The van der Waals surface area contributed by atoms with Gasteiger partial charge in [-0.3, -0.25) is 15.1 Å². The van der Waals surface area contributed by atoms with Gasteiger partial charge in [0.1, 0.15) is 0 Å². The molecular formula is C16H14ClN3O4S2. The number of aliphatic imine (C=N–C) groups is 1. The number of benzene rings is 2. The maximum absolute atomic E-state index is 12.8. The van der Waals surface area contributed by atoms with Crippen molar-refractivity contribution in [2.45, 2.75) is 10.6 Å². The van der Waals surface area contributed by atoms with Crippen LogP contribution in [0.25, 0.3) is 0 Å². The van der Waals surface area contributed by atoms with E-state index in [1.54, 1.807) is 12.1 Å². The predicted octanol–water partition coefficient (Wildman–Crippen LogP) is 3.54. The summed E-state index contributed by atoms with van der Waals surface area (Å²) in [7, 11) is -3.69. The van der Waals surface area contributed by atoms with Gasteiger partial charge in [-0.05, 0) is 29.8 Å². The molecule has 0 bridgehead atoms. The first kappa shape index (κ1) is 18.7. The first-order valence-electron chi connectivity index (χ1n) is 7.57. The Kier molecular flexibility index (Phi) is 5.49. The van der Waals surface area contributed by atoms with Gasteiger partial charge in [0.05, 0.1) is 22.9 Å². The molecule has 0 fully saturated rings. The zero-order valence-electron chi connectivity index (χ0n) is 13.4. The van der Waals surface area contributed by atoms with Crippen molar-refractivity contribution in [2.24, 2.45) is 4.99 Å². The standard InChI is InChI=1S/C16H14ClN3O4S2/c17-13-3-7-15(8-4-13)26(23,24)19-10-9-18-16(19)25-11-12-1-5-14(6-2-12)20(21)22/h1-8H,9-11H2. The minimum absolute atomic E-state index is 0.0175. The van der Waals surface area contributed by atoms with Crippen molar-refractivity contribution in [2.75, 3.05) is 13.1 Å². The fraction of sp³-hybridized carbons (Fsp3) is 0.188. The first-order chi connectivity index (χ1) is 12.4. The zero-order valence-corrected chi connectivity index (χ0v) is 15.8. The molecule has 7 nitrogen and oxygen atoms in total. The molecule has 0 amide bonds. The van der Waals surface area contributed by atoms with Crippen LogP contribution in [0.4, 0.5) is 5.69 Å². The van der Waals surface area contributed by atoms with E-state index in [0.717, 1.165) is 5.56 Å².